The molecule has 0 bridgehead atoms. The largest absolute Gasteiger partial charge is 0.361 e. The van der Waals surface area contributed by atoms with Crippen LogP contribution in [0.3, 0.4) is 0 Å². The van der Waals surface area contributed by atoms with Crippen LogP contribution in [-0.4, -0.2) is 11.5 Å². The zero-order chi connectivity index (χ0) is 13.0. The molecule has 0 fully saturated rings. The fourth-order valence-corrected chi connectivity index (χ4v) is 2.11. The molecule has 2 rings (SSSR count). The van der Waals surface area contributed by atoms with Crippen molar-refractivity contribution < 1.29 is 4.39 Å². The third kappa shape index (κ3) is 2.79. The lowest BCUT2D eigenvalue weighted by Gasteiger charge is -2.17. The maximum atomic E-state index is 13.4. The van der Waals surface area contributed by atoms with Gasteiger partial charge in [-0.25, -0.2) is 4.39 Å². The van der Waals surface area contributed by atoms with Crippen molar-refractivity contribution in [3.05, 3.63) is 47.9 Å². The van der Waals surface area contributed by atoms with Gasteiger partial charge in [-0.15, -0.1) is 0 Å². The summed E-state index contributed by atoms with van der Waals surface area (Å²) in [5.74, 6) is -0.203. The van der Waals surface area contributed by atoms with Crippen LogP contribution < -0.4 is 5.32 Å². The van der Waals surface area contributed by atoms with Crippen molar-refractivity contribution in [1.82, 2.24) is 10.3 Å². The fraction of sp³-hybridized carbons (Fsp3) is 0.333. The lowest BCUT2D eigenvalue weighted by Crippen LogP contribution is -2.20. The predicted molar refractivity (Wildman–Crippen MR) is 72.9 cm³/mol. The van der Waals surface area contributed by atoms with E-state index in [4.69, 9.17) is 0 Å². The van der Waals surface area contributed by atoms with Gasteiger partial charge in [0.05, 0.1) is 0 Å². The highest BCUT2D eigenvalue weighted by atomic mass is 19.1. The molecule has 3 heteroatoms. The molecule has 0 aliphatic rings. The van der Waals surface area contributed by atoms with Crippen molar-refractivity contribution in [2.24, 2.45) is 0 Å². The van der Waals surface area contributed by atoms with Gasteiger partial charge in [-0.05, 0) is 49.7 Å². The molecule has 18 heavy (non-hydrogen) atoms. The Bertz CT molecular complexity index is 491. The highest BCUT2D eigenvalue weighted by Gasteiger charge is 2.12. The topological polar surface area (TPSA) is 27.8 Å². The number of nitrogens with one attached hydrogen (secondary N) is 2. The van der Waals surface area contributed by atoms with Crippen molar-refractivity contribution >= 4 is 0 Å². The average Bonchev–Trinajstić information content (AvgIpc) is 2.89. The first kappa shape index (κ1) is 12.8. The van der Waals surface area contributed by atoms with E-state index in [-0.39, 0.29) is 11.9 Å². The minimum absolute atomic E-state index is 0.203. The van der Waals surface area contributed by atoms with E-state index in [0.717, 1.165) is 29.8 Å². The molecule has 0 saturated carbocycles. The van der Waals surface area contributed by atoms with E-state index >= 15 is 0 Å². The quantitative estimate of drug-likeness (QED) is 0.823. The minimum atomic E-state index is -0.203. The maximum absolute atomic E-state index is 13.4. The van der Waals surface area contributed by atoms with Crippen LogP contribution in [-0.2, 0) is 0 Å². The summed E-state index contributed by atoms with van der Waals surface area (Å²) < 4.78 is 13.4. The van der Waals surface area contributed by atoms with Crippen molar-refractivity contribution in [2.75, 3.05) is 6.54 Å². The molecule has 0 aliphatic carbocycles. The Morgan fingerprint density at radius 1 is 1.33 bits per heavy atom. The lowest BCUT2D eigenvalue weighted by molar-refractivity contribution is 0.568. The summed E-state index contributed by atoms with van der Waals surface area (Å²) in [6.45, 7) is 5.20. The Morgan fingerprint density at radius 3 is 2.83 bits per heavy atom. The highest BCUT2D eigenvalue weighted by Crippen LogP contribution is 2.27. The van der Waals surface area contributed by atoms with Gasteiger partial charge in [0, 0.05) is 23.5 Å². The Morgan fingerprint density at radius 2 is 2.17 bits per heavy atom. The number of halogens is 1. The molecule has 2 nitrogen and oxygen atoms in total. The fourth-order valence-electron chi connectivity index (χ4n) is 2.11. The normalized spacial score (nSPS) is 12.6. The summed E-state index contributed by atoms with van der Waals surface area (Å²) in [5.41, 5.74) is 3.00. The van der Waals surface area contributed by atoms with Gasteiger partial charge >= 0.3 is 0 Å². The van der Waals surface area contributed by atoms with Crippen LogP contribution in [0.1, 0.15) is 31.9 Å². The third-order valence-corrected chi connectivity index (χ3v) is 3.07. The summed E-state index contributed by atoms with van der Waals surface area (Å²) in [7, 11) is 0. The second-order valence-electron chi connectivity index (χ2n) is 4.49. The molecule has 0 spiro atoms. The molecule has 96 valence electrons. The van der Waals surface area contributed by atoms with Crippen LogP contribution >= 0.6 is 0 Å². The maximum Gasteiger partial charge on any atom is 0.123 e. The first-order valence-corrected chi connectivity index (χ1v) is 6.39. The van der Waals surface area contributed by atoms with Gasteiger partial charge in [0.1, 0.15) is 5.82 Å². The van der Waals surface area contributed by atoms with Crippen molar-refractivity contribution in [2.45, 2.75) is 26.3 Å². The summed E-state index contributed by atoms with van der Waals surface area (Å²) >= 11 is 0. The van der Waals surface area contributed by atoms with E-state index in [1.165, 1.54) is 6.07 Å². The number of benzene rings is 1. The zero-order valence-electron chi connectivity index (χ0n) is 10.8. The number of hydrogen-bond donors (Lipinski definition) is 2. The third-order valence-electron chi connectivity index (χ3n) is 3.07. The summed E-state index contributed by atoms with van der Waals surface area (Å²) in [4.78, 5) is 3.14. The summed E-state index contributed by atoms with van der Waals surface area (Å²) in [5, 5.41) is 3.43. The van der Waals surface area contributed by atoms with Gasteiger partial charge in [-0.3, -0.25) is 0 Å². The number of hydrogen-bond acceptors (Lipinski definition) is 1. The molecule has 2 aromatic rings. The van der Waals surface area contributed by atoms with E-state index in [2.05, 4.69) is 24.1 Å². The molecule has 1 aromatic carbocycles. The molecule has 1 heterocycles. The average molecular weight is 246 g/mol. The summed E-state index contributed by atoms with van der Waals surface area (Å²) in [6.07, 6.45) is 2.94. The lowest BCUT2D eigenvalue weighted by atomic mass is 9.99. The zero-order valence-corrected chi connectivity index (χ0v) is 10.8. The Kier molecular flexibility index (Phi) is 4.15. The second kappa shape index (κ2) is 5.83. The molecule has 1 unspecified atom stereocenters. The van der Waals surface area contributed by atoms with Gasteiger partial charge in [0.2, 0.25) is 0 Å². The molecule has 0 amide bonds. The molecule has 1 aromatic heterocycles. The molecule has 0 radical (unpaired) electrons. The van der Waals surface area contributed by atoms with E-state index in [0.29, 0.717) is 0 Å². The smallest absolute Gasteiger partial charge is 0.123 e. The van der Waals surface area contributed by atoms with Crippen LogP contribution in [0.4, 0.5) is 4.39 Å². The SMILES string of the molecule is CCCNC(C)c1ccc(F)cc1-c1ccc[nH]1. The number of aromatic nitrogens is 1. The van der Waals surface area contributed by atoms with Gasteiger partial charge in [0.25, 0.3) is 0 Å². The van der Waals surface area contributed by atoms with Crippen LogP contribution in [0.2, 0.25) is 0 Å². The molecular formula is C15H19FN2. The number of rotatable bonds is 5. The van der Waals surface area contributed by atoms with Crippen molar-refractivity contribution in [3.63, 3.8) is 0 Å². The van der Waals surface area contributed by atoms with E-state index < -0.39 is 0 Å². The van der Waals surface area contributed by atoms with Crippen LogP contribution in [0.15, 0.2) is 36.5 Å². The van der Waals surface area contributed by atoms with Crippen molar-refractivity contribution in [3.8, 4) is 11.3 Å². The van der Waals surface area contributed by atoms with E-state index in [9.17, 15) is 4.39 Å². The molecule has 1 atom stereocenters. The standard InChI is InChI=1S/C15H19FN2/c1-3-8-17-11(2)13-7-6-12(16)10-14(13)15-5-4-9-18-15/h4-7,9-11,17-18H,3,8H2,1-2H3. The van der Waals surface area contributed by atoms with Crippen LogP contribution in [0.25, 0.3) is 11.3 Å². The first-order chi connectivity index (χ1) is 8.72. The van der Waals surface area contributed by atoms with Gasteiger partial charge in [-0.1, -0.05) is 13.0 Å². The number of aromatic amines is 1. The summed E-state index contributed by atoms with van der Waals surface area (Å²) in [6, 6.07) is 9.07. The van der Waals surface area contributed by atoms with Gasteiger partial charge in [-0.2, -0.15) is 0 Å². The molecule has 0 saturated heterocycles. The van der Waals surface area contributed by atoms with Crippen molar-refractivity contribution in [1.29, 1.82) is 0 Å². The van der Waals surface area contributed by atoms with Gasteiger partial charge in [0.15, 0.2) is 0 Å². The van der Waals surface area contributed by atoms with Crippen LogP contribution in [0, 0.1) is 5.82 Å². The molecule has 0 aliphatic heterocycles. The Hall–Kier alpha value is -1.61. The van der Waals surface area contributed by atoms with E-state index in [1.807, 2.05) is 24.4 Å². The van der Waals surface area contributed by atoms with E-state index in [1.54, 1.807) is 6.07 Å². The Balaban J connectivity index is 2.35. The minimum Gasteiger partial charge on any atom is -0.361 e. The molecular weight excluding hydrogens is 227 g/mol. The predicted octanol–water partition coefficient (Wildman–Crippen LogP) is 3.88. The highest BCUT2D eigenvalue weighted by molar-refractivity contribution is 5.64. The monoisotopic (exact) mass is 246 g/mol. The first-order valence-electron chi connectivity index (χ1n) is 6.39. The number of H-pyrrole nitrogens is 1. The van der Waals surface area contributed by atoms with Crippen LogP contribution in [0.5, 0.6) is 0 Å². The Labute approximate surface area is 107 Å². The molecule has 2 N–H and O–H groups in total. The van der Waals surface area contributed by atoms with Gasteiger partial charge < -0.3 is 10.3 Å². The second-order valence-corrected chi connectivity index (χ2v) is 4.49.